The summed E-state index contributed by atoms with van der Waals surface area (Å²) < 4.78 is 0. The zero-order valence-corrected chi connectivity index (χ0v) is 9.93. The highest BCUT2D eigenvalue weighted by molar-refractivity contribution is 5.61. The largest absolute Gasteiger partial charge is 0.377 e. The van der Waals surface area contributed by atoms with Gasteiger partial charge in [-0.1, -0.05) is 32.4 Å². The van der Waals surface area contributed by atoms with E-state index in [2.05, 4.69) is 19.2 Å². The van der Waals surface area contributed by atoms with Gasteiger partial charge in [-0.05, 0) is 18.9 Å². The molecular formula is C12H18N2O2. The van der Waals surface area contributed by atoms with Gasteiger partial charge in [-0.2, -0.15) is 0 Å². The molecule has 0 aliphatic rings. The number of nitro benzene ring substituents is 1. The van der Waals surface area contributed by atoms with Gasteiger partial charge in [0, 0.05) is 12.1 Å². The fourth-order valence-corrected chi connectivity index (χ4v) is 1.50. The minimum atomic E-state index is -0.355. The molecule has 0 fully saturated rings. The Labute approximate surface area is 95.8 Å². The van der Waals surface area contributed by atoms with Crippen molar-refractivity contribution in [3.63, 3.8) is 0 Å². The van der Waals surface area contributed by atoms with E-state index in [4.69, 9.17) is 0 Å². The standard InChI is InChI=1S/C12H18N2O2/c1-4-9(2)10(3)13-11-7-5-6-8-12(11)14(15)16/h5-10,13H,4H2,1-3H3. The van der Waals surface area contributed by atoms with Crippen LogP contribution in [0.4, 0.5) is 11.4 Å². The molecule has 0 saturated heterocycles. The number of nitro groups is 1. The second-order valence-corrected chi connectivity index (χ2v) is 4.09. The highest BCUT2D eigenvalue weighted by atomic mass is 16.6. The zero-order valence-electron chi connectivity index (χ0n) is 9.93. The Hall–Kier alpha value is -1.58. The van der Waals surface area contributed by atoms with Crippen molar-refractivity contribution in [2.75, 3.05) is 5.32 Å². The van der Waals surface area contributed by atoms with E-state index in [0.717, 1.165) is 6.42 Å². The van der Waals surface area contributed by atoms with E-state index in [1.165, 1.54) is 6.07 Å². The third-order valence-corrected chi connectivity index (χ3v) is 2.98. The summed E-state index contributed by atoms with van der Waals surface area (Å²) in [5.74, 6) is 0.486. The van der Waals surface area contributed by atoms with Crippen molar-refractivity contribution in [2.45, 2.75) is 33.2 Å². The zero-order chi connectivity index (χ0) is 12.1. The van der Waals surface area contributed by atoms with Gasteiger partial charge in [-0.15, -0.1) is 0 Å². The molecule has 2 unspecified atom stereocenters. The van der Waals surface area contributed by atoms with Crippen molar-refractivity contribution >= 4 is 11.4 Å². The van der Waals surface area contributed by atoms with Gasteiger partial charge in [0.1, 0.15) is 5.69 Å². The van der Waals surface area contributed by atoms with E-state index in [-0.39, 0.29) is 16.7 Å². The van der Waals surface area contributed by atoms with Crippen LogP contribution < -0.4 is 5.32 Å². The van der Waals surface area contributed by atoms with Crippen molar-refractivity contribution in [1.82, 2.24) is 0 Å². The number of hydrogen-bond acceptors (Lipinski definition) is 3. The normalized spacial score (nSPS) is 14.2. The molecule has 16 heavy (non-hydrogen) atoms. The van der Waals surface area contributed by atoms with Crippen LogP contribution in [0.25, 0.3) is 0 Å². The number of hydrogen-bond donors (Lipinski definition) is 1. The number of para-hydroxylation sites is 2. The number of rotatable bonds is 5. The summed E-state index contributed by atoms with van der Waals surface area (Å²) in [4.78, 5) is 10.5. The maximum absolute atomic E-state index is 10.8. The van der Waals surface area contributed by atoms with Crippen molar-refractivity contribution in [2.24, 2.45) is 5.92 Å². The van der Waals surface area contributed by atoms with Gasteiger partial charge in [-0.3, -0.25) is 10.1 Å². The predicted octanol–water partition coefficient (Wildman–Crippen LogP) is 3.44. The number of nitrogens with zero attached hydrogens (tertiary/aromatic N) is 1. The summed E-state index contributed by atoms with van der Waals surface area (Å²) in [6.07, 6.45) is 1.05. The second kappa shape index (κ2) is 5.49. The van der Waals surface area contributed by atoms with E-state index < -0.39 is 0 Å². The summed E-state index contributed by atoms with van der Waals surface area (Å²) in [5.41, 5.74) is 0.734. The van der Waals surface area contributed by atoms with E-state index in [1.54, 1.807) is 18.2 Å². The summed E-state index contributed by atoms with van der Waals surface area (Å²) in [6, 6.07) is 6.98. The predicted molar refractivity (Wildman–Crippen MR) is 65.6 cm³/mol. The van der Waals surface area contributed by atoms with Crippen LogP contribution in [0, 0.1) is 16.0 Å². The Morgan fingerprint density at radius 1 is 1.38 bits per heavy atom. The van der Waals surface area contributed by atoms with E-state index in [9.17, 15) is 10.1 Å². The van der Waals surface area contributed by atoms with Crippen molar-refractivity contribution in [3.05, 3.63) is 34.4 Å². The lowest BCUT2D eigenvalue weighted by molar-refractivity contribution is -0.384. The first-order valence-electron chi connectivity index (χ1n) is 5.56. The van der Waals surface area contributed by atoms with Gasteiger partial charge < -0.3 is 5.32 Å². The maximum atomic E-state index is 10.8. The lowest BCUT2D eigenvalue weighted by Gasteiger charge is -2.20. The molecule has 1 aromatic rings. The molecule has 0 aliphatic carbocycles. The lowest BCUT2D eigenvalue weighted by atomic mass is 10.0. The fraction of sp³-hybridized carbons (Fsp3) is 0.500. The Balaban J connectivity index is 2.84. The topological polar surface area (TPSA) is 55.2 Å². The second-order valence-electron chi connectivity index (χ2n) is 4.09. The molecule has 2 atom stereocenters. The van der Waals surface area contributed by atoms with E-state index in [1.807, 2.05) is 6.92 Å². The van der Waals surface area contributed by atoms with Gasteiger partial charge in [0.05, 0.1) is 4.92 Å². The molecule has 1 N–H and O–H groups in total. The molecule has 0 heterocycles. The van der Waals surface area contributed by atoms with Crippen LogP contribution in [-0.4, -0.2) is 11.0 Å². The molecule has 0 radical (unpaired) electrons. The average molecular weight is 222 g/mol. The molecule has 4 heteroatoms. The SMILES string of the molecule is CCC(C)C(C)Nc1ccccc1[N+](=O)[O-]. The van der Waals surface area contributed by atoms with E-state index >= 15 is 0 Å². The number of anilines is 1. The molecule has 1 rings (SSSR count). The number of nitrogens with one attached hydrogen (secondary N) is 1. The summed E-state index contributed by atoms with van der Waals surface area (Å²) in [6.45, 7) is 6.29. The number of benzene rings is 1. The quantitative estimate of drug-likeness (QED) is 0.613. The van der Waals surface area contributed by atoms with Crippen LogP contribution in [0.15, 0.2) is 24.3 Å². The molecule has 0 aromatic heterocycles. The molecule has 0 aliphatic heterocycles. The molecule has 0 bridgehead atoms. The third kappa shape index (κ3) is 2.95. The van der Waals surface area contributed by atoms with Crippen molar-refractivity contribution in [3.8, 4) is 0 Å². The first kappa shape index (κ1) is 12.5. The summed E-state index contributed by atoms with van der Waals surface area (Å²) in [5, 5.41) is 14.0. The molecule has 88 valence electrons. The molecule has 1 aromatic carbocycles. The van der Waals surface area contributed by atoms with Crippen LogP contribution in [0.1, 0.15) is 27.2 Å². The van der Waals surface area contributed by atoms with Gasteiger partial charge in [0.2, 0.25) is 0 Å². The highest BCUT2D eigenvalue weighted by Crippen LogP contribution is 2.25. The molecule has 0 saturated carbocycles. The minimum Gasteiger partial charge on any atom is -0.377 e. The van der Waals surface area contributed by atoms with Gasteiger partial charge in [0.15, 0.2) is 0 Å². The van der Waals surface area contributed by atoms with Crippen molar-refractivity contribution in [1.29, 1.82) is 0 Å². The van der Waals surface area contributed by atoms with Crippen molar-refractivity contribution < 1.29 is 4.92 Å². The maximum Gasteiger partial charge on any atom is 0.292 e. The fourth-order valence-electron chi connectivity index (χ4n) is 1.50. The van der Waals surface area contributed by atoms with Gasteiger partial charge >= 0.3 is 0 Å². The van der Waals surface area contributed by atoms with Gasteiger partial charge in [-0.25, -0.2) is 0 Å². The Morgan fingerprint density at radius 3 is 2.56 bits per heavy atom. The third-order valence-electron chi connectivity index (χ3n) is 2.98. The molecule has 0 amide bonds. The van der Waals surface area contributed by atoms with Crippen LogP contribution in [0.2, 0.25) is 0 Å². The molecule has 0 spiro atoms. The minimum absolute atomic E-state index is 0.137. The summed E-state index contributed by atoms with van der Waals surface area (Å²) in [7, 11) is 0. The first-order valence-corrected chi connectivity index (χ1v) is 5.56. The Bertz CT molecular complexity index is 366. The molecular weight excluding hydrogens is 204 g/mol. The Morgan fingerprint density at radius 2 is 2.00 bits per heavy atom. The van der Waals surface area contributed by atoms with Gasteiger partial charge in [0.25, 0.3) is 5.69 Å². The van der Waals surface area contributed by atoms with Crippen LogP contribution in [-0.2, 0) is 0 Å². The van der Waals surface area contributed by atoms with Crippen LogP contribution in [0.5, 0.6) is 0 Å². The Kier molecular flexibility index (Phi) is 4.28. The monoisotopic (exact) mass is 222 g/mol. The first-order chi connectivity index (χ1) is 7.56. The molecule has 4 nitrogen and oxygen atoms in total. The summed E-state index contributed by atoms with van der Waals surface area (Å²) >= 11 is 0. The van der Waals surface area contributed by atoms with E-state index in [0.29, 0.717) is 11.6 Å². The smallest absolute Gasteiger partial charge is 0.292 e. The average Bonchev–Trinajstić information content (AvgIpc) is 2.28. The highest BCUT2D eigenvalue weighted by Gasteiger charge is 2.16. The lowest BCUT2D eigenvalue weighted by Crippen LogP contribution is -2.23. The van der Waals surface area contributed by atoms with Crippen LogP contribution in [0.3, 0.4) is 0 Å². The van der Waals surface area contributed by atoms with Crippen LogP contribution >= 0.6 is 0 Å².